The highest BCUT2D eigenvalue weighted by atomic mass is 32.1. The quantitative estimate of drug-likeness (QED) is 0.417. The molecule has 0 atom stereocenters. The molecule has 0 bridgehead atoms. The van der Waals surface area contributed by atoms with Crippen molar-refractivity contribution >= 4 is 33.1 Å². The molecule has 0 saturated carbocycles. The molecule has 0 radical (unpaired) electrons. The Kier molecular flexibility index (Phi) is 6.39. The van der Waals surface area contributed by atoms with Crippen LogP contribution in [0.15, 0.2) is 53.9 Å². The van der Waals surface area contributed by atoms with Crippen LogP contribution >= 0.6 is 11.3 Å². The normalized spacial score (nSPS) is 14.4. The van der Waals surface area contributed by atoms with E-state index in [2.05, 4.69) is 27.7 Å². The van der Waals surface area contributed by atoms with Gasteiger partial charge in [0, 0.05) is 30.1 Å². The molecule has 33 heavy (non-hydrogen) atoms. The number of thiophene rings is 1. The molecule has 1 aliphatic rings. The topological polar surface area (TPSA) is 68.7 Å². The molecular weight excluding hydrogens is 436 g/mol. The van der Waals surface area contributed by atoms with E-state index in [1.54, 1.807) is 25.6 Å². The van der Waals surface area contributed by atoms with Gasteiger partial charge in [-0.25, -0.2) is 9.97 Å². The van der Waals surface area contributed by atoms with Crippen LogP contribution in [0.5, 0.6) is 11.5 Å². The Morgan fingerprint density at radius 3 is 2.61 bits per heavy atom. The van der Waals surface area contributed by atoms with Gasteiger partial charge in [-0.1, -0.05) is 30.3 Å². The van der Waals surface area contributed by atoms with E-state index in [0.29, 0.717) is 12.3 Å². The largest absolute Gasteiger partial charge is 0.497 e. The summed E-state index contributed by atoms with van der Waals surface area (Å²) in [5, 5.41) is 6.69. The van der Waals surface area contributed by atoms with Crippen LogP contribution in [-0.4, -0.2) is 55.4 Å². The maximum Gasteiger partial charge on any atom is 0.146 e. The van der Waals surface area contributed by atoms with Gasteiger partial charge in [0.1, 0.15) is 28.0 Å². The molecule has 7 nitrogen and oxygen atoms in total. The Labute approximate surface area is 197 Å². The molecule has 3 heterocycles. The van der Waals surface area contributed by atoms with Crippen LogP contribution in [0.3, 0.4) is 0 Å². The zero-order valence-electron chi connectivity index (χ0n) is 18.7. The molecular formula is C25H26N4O3S. The van der Waals surface area contributed by atoms with Crippen LogP contribution < -0.4 is 14.8 Å². The summed E-state index contributed by atoms with van der Waals surface area (Å²) in [5.74, 6) is 2.98. The zero-order valence-corrected chi connectivity index (χ0v) is 19.5. The molecule has 0 unspecified atom stereocenters. The Bertz CT molecular complexity index is 1240. The van der Waals surface area contributed by atoms with Gasteiger partial charge in [0.2, 0.25) is 0 Å². The lowest BCUT2D eigenvalue weighted by molar-refractivity contribution is 0.0331. The van der Waals surface area contributed by atoms with Gasteiger partial charge in [-0.15, -0.1) is 11.3 Å². The molecule has 0 spiro atoms. The zero-order chi connectivity index (χ0) is 22.6. The monoisotopic (exact) mass is 462 g/mol. The number of nitrogens with one attached hydrogen (secondary N) is 1. The first kappa shape index (κ1) is 21.6. The summed E-state index contributed by atoms with van der Waals surface area (Å²) >= 11 is 1.64. The van der Waals surface area contributed by atoms with Crippen molar-refractivity contribution in [2.24, 2.45) is 0 Å². The molecule has 0 amide bonds. The number of anilines is 2. The molecule has 170 valence electrons. The number of methoxy groups -OCH3 is 2. The fourth-order valence-corrected chi connectivity index (χ4v) is 4.93. The molecule has 5 rings (SSSR count). The number of aromatic nitrogens is 2. The van der Waals surface area contributed by atoms with Gasteiger partial charge >= 0.3 is 0 Å². The fourth-order valence-electron chi connectivity index (χ4n) is 3.97. The highest BCUT2D eigenvalue weighted by molar-refractivity contribution is 7.17. The fraction of sp³-hybridized carbons (Fsp3) is 0.280. The van der Waals surface area contributed by atoms with Crippen LogP contribution in [0, 0.1) is 0 Å². The van der Waals surface area contributed by atoms with E-state index < -0.39 is 0 Å². The van der Waals surface area contributed by atoms with Gasteiger partial charge in [-0.05, 0) is 17.7 Å². The predicted octanol–water partition coefficient (Wildman–Crippen LogP) is 4.95. The minimum Gasteiger partial charge on any atom is -0.497 e. The summed E-state index contributed by atoms with van der Waals surface area (Å²) in [6.07, 6.45) is 0. The van der Waals surface area contributed by atoms with Crippen molar-refractivity contribution in [1.29, 1.82) is 0 Å². The van der Waals surface area contributed by atoms with Crippen molar-refractivity contribution in [1.82, 2.24) is 14.9 Å². The number of fused-ring (bicyclic) bond motifs is 1. The van der Waals surface area contributed by atoms with Crippen molar-refractivity contribution in [2.75, 3.05) is 45.8 Å². The van der Waals surface area contributed by atoms with Crippen LogP contribution in [0.1, 0.15) is 5.82 Å². The van der Waals surface area contributed by atoms with E-state index in [9.17, 15) is 0 Å². The van der Waals surface area contributed by atoms with Crippen molar-refractivity contribution in [3.63, 3.8) is 0 Å². The van der Waals surface area contributed by atoms with E-state index in [0.717, 1.165) is 70.7 Å². The summed E-state index contributed by atoms with van der Waals surface area (Å²) in [6, 6.07) is 16.1. The Hall–Kier alpha value is -3.20. The Balaban J connectivity index is 1.59. The first-order chi connectivity index (χ1) is 16.2. The van der Waals surface area contributed by atoms with E-state index in [1.165, 1.54) is 0 Å². The van der Waals surface area contributed by atoms with Crippen LogP contribution in [0.4, 0.5) is 11.5 Å². The Morgan fingerprint density at radius 1 is 1.03 bits per heavy atom. The summed E-state index contributed by atoms with van der Waals surface area (Å²) < 4.78 is 16.5. The van der Waals surface area contributed by atoms with Crippen LogP contribution in [0.25, 0.3) is 21.3 Å². The number of hydrogen-bond donors (Lipinski definition) is 1. The van der Waals surface area contributed by atoms with Crippen molar-refractivity contribution < 1.29 is 14.2 Å². The maximum absolute atomic E-state index is 5.61. The first-order valence-electron chi connectivity index (χ1n) is 10.9. The number of benzene rings is 2. The molecule has 1 saturated heterocycles. The lowest BCUT2D eigenvalue weighted by Gasteiger charge is -2.26. The van der Waals surface area contributed by atoms with Gasteiger partial charge in [0.15, 0.2) is 0 Å². The highest BCUT2D eigenvalue weighted by Gasteiger charge is 2.19. The second kappa shape index (κ2) is 9.74. The minimum absolute atomic E-state index is 0.687. The van der Waals surface area contributed by atoms with E-state index in [4.69, 9.17) is 24.2 Å². The molecule has 1 N–H and O–H groups in total. The lowest BCUT2D eigenvalue weighted by atomic mass is 10.1. The second-order valence-corrected chi connectivity index (χ2v) is 8.62. The molecule has 2 aromatic heterocycles. The van der Waals surface area contributed by atoms with Crippen LogP contribution in [0.2, 0.25) is 0 Å². The molecule has 1 aliphatic heterocycles. The lowest BCUT2D eigenvalue weighted by Crippen LogP contribution is -2.36. The van der Waals surface area contributed by atoms with Gasteiger partial charge in [-0.3, -0.25) is 4.90 Å². The molecule has 0 aliphatic carbocycles. The van der Waals surface area contributed by atoms with E-state index in [1.807, 2.05) is 36.4 Å². The minimum atomic E-state index is 0.687. The van der Waals surface area contributed by atoms with Gasteiger partial charge in [0.25, 0.3) is 0 Å². The Morgan fingerprint density at radius 2 is 1.85 bits per heavy atom. The van der Waals surface area contributed by atoms with Gasteiger partial charge in [-0.2, -0.15) is 0 Å². The molecule has 1 fully saturated rings. The third-order valence-electron chi connectivity index (χ3n) is 5.70. The third-order valence-corrected chi connectivity index (χ3v) is 6.57. The summed E-state index contributed by atoms with van der Waals surface area (Å²) in [6.45, 7) is 3.94. The average Bonchev–Trinajstić information content (AvgIpc) is 3.30. The first-order valence-corrected chi connectivity index (χ1v) is 11.8. The van der Waals surface area contributed by atoms with Crippen molar-refractivity contribution in [3.8, 4) is 22.6 Å². The van der Waals surface area contributed by atoms with Crippen LogP contribution in [-0.2, 0) is 11.3 Å². The number of rotatable bonds is 7. The second-order valence-electron chi connectivity index (χ2n) is 7.76. The summed E-state index contributed by atoms with van der Waals surface area (Å²) in [4.78, 5) is 13.2. The summed E-state index contributed by atoms with van der Waals surface area (Å²) in [7, 11) is 3.30. The van der Waals surface area contributed by atoms with Crippen molar-refractivity contribution in [2.45, 2.75) is 6.54 Å². The predicted molar refractivity (Wildman–Crippen MR) is 132 cm³/mol. The van der Waals surface area contributed by atoms with Crippen molar-refractivity contribution in [3.05, 3.63) is 59.7 Å². The standard InChI is InChI=1S/C25H26N4O3S/c1-30-18-8-9-20(21(14-18)31-2)26-24-23-19(17-6-4-3-5-7-17)16-33-25(23)28-22(27-24)15-29-10-12-32-13-11-29/h3-9,14,16H,10-13,15H2,1-2H3,(H,26,27,28). The van der Waals surface area contributed by atoms with E-state index in [-0.39, 0.29) is 0 Å². The summed E-state index contributed by atoms with van der Waals surface area (Å²) in [5.41, 5.74) is 3.07. The number of hydrogen-bond acceptors (Lipinski definition) is 8. The molecule has 2 aromatic carbocycles. The number of morpholine rings is 1. The highest BCUT2D eigenvalue weighted by Crippen LogP contribution is 2.39. The van der Waals surface area contributed by atoms with E-state index >= 15 is 0 Å². The molecule has 4 aromatic rings. The van der Waals surface area contributed by atoms with Gasteiger partial charge in [0.05, 0.1) is 45.1 Å². The third kappa shape index (κ3) is 4.64. The number of nitrogens with zero attached hydrogens (tertiary/aromatic N) is 3. The number of ether oxygens (including phenoxy) is 3. The maximum atomic E-state index is 5.61. The molecule has 8 heteroatoms. The average molecular weight is 463 g/mol. The van der Waals surface area contributed by atoms with Gasteiger partial charge < -0.3 is 19.5 Å². The smallest absolute Gasteiger partial charge is 0.146 e. The SMILES string of the molecule is COc1ccc(Nc2nc(CN3CCOCC3)nc3scc(-c4ccccc4)c23)c(OC)c1.